The Hall–Kier alpha value is -1.69. The molecule has 92 valence electrons. The molecule has 0 aromatic carbocycles. The summed E-state index contributed by atoms with van der Waals surface area (Å²) in [5.74, 6) is -1.03. The fraction of sp³-hybridized carbons (Fsp3) is 0.455. The van der Waals surface area contributed by atoms with Gasteiger partial charge in [0.25, 0.3) is 5.91 Å². The molecule has 0 spiro atoms. The van der Waals surface area contributed by atoms with Crippen molar-refractivity contribution in [3.05, 3.63) is 23.8 Å². The summed E-state index contributed by atoms with van der Waals surface area (Å²) < 4.78 is 13.6. The van der Waals surface area contributed by atoms with E-state index in [1.807, 2.05) is 0 Å². The van der Waals surface area contributed by atoms with E-state index < -0.39 is 11.9 Å². The van der Waals surface area contributed by atoms with E-state index in [0.29, 0.717) is 5.69 Å². The molecule has 5 nitrogen and oxygen atoms in total. The van der Waals surface area contributed by atoms with Crippen molar-refractivity contribution >= 4 is 11.6 Å². The molecular weight excluding hydrogens is 223 g/mol. The molecule has 1 aromatic rings. The second kappa shape index (κ2) is 5.09. The number of carbonyl (C=O) groups is 1. The van der Waals surface area contributed by atoms with E-state index in [-0.39, 0.29) is 11.7 Å². The number of amides is 1. The first-order valence-corrected chi connectivity index (χ1v) is 5.56. The number of nitrogens with zero attached hydrogens (tertiary/aromatic N) is 1. The summed E-state index contributed by atoms with van der Waals surface area (Å²) in [7, 11) is 1.48. The van der Waals surface area contributed by atoms with Crippen LogP contribution in [0.3, 0.4) is 0 Å². The Morgan fingerprint density at radius 3 is 3.00 bits per heavy atom. The molecule has 0 unspecified atom stereocenters. The van der Waals surface area contributed by atoms with Gasteiger partial charge in [0.1, 0.15) is 5.69 Å². The van der Waals surface area contributed by atoms with Gasteiger partial charge in [-0.3, -0.25) is 4.79 Å². The molecule has 1 atom stereocenters. The molecule has 1 aliphatic rings. The number of hydrogen-bond acceptors (Lipinski definition) is 4. The van der Waals surface area contributed by atoms with E-state index in [9.17, 15) is 9.18 Å². The van der Waals surface area contributed by atoms with Crippen LogP contribution >= 0.6 is 0 Å². The summed E-state index contributed by atoms with van der Waals surface area (Å²) in [6, 6.07) is 3.27. The lowest BCUT2D eigenvalue weighted by atomic mass is 10.2. The predicted octanol–water partition coefficient (Wildman–Crippen LogP) is 0.354. The summed E-state index contributed by atoms with van der Waals surface area (Å²) in [6.45, 7) is 1.75. The number of rotatable bonds is 3. The third kappa shape index (κ3) is 2.71. The first kappa shape index (κ1) is 11.8. The first-order valence-electron chi connectivity index (χ1n) is 5.56. The average Bonchev–Trinajstić information content (AvgIpc) is 2.83. The topological polar surface area (TPSA) is 66.1 Å². The fourth-order valence-electron chi connectivity index (χ4n) is 1.79. The molecule has 1 saturated heterocycles. The van der Waals surface area contributed by atoms with Crippen LogP contribution in [0.5, 0.6) is 0 Å². The molecule has 3 N–H and O–H groups in total. The normalized spacial score (nSPS) is 19.1. The van der Waals surface area contributed by atoms with Crippen LogP contribution < -0.4 is 16.0 Å². The van der Waals surface area contributed by atoms with E-state index in [2.05, 4.69) is 20.9 Å². The summed E-state index contributed by atoms with van der Waals surface area (Å²) in [5, 5.41) is 8.65. The minimum absolute atomic E-state index is 0.0834. The van der Waals surface area contributed by atoms with Gasteiger partial charge in [-0.15, -0.1) is 0 Å². The number of pyridine rings is 1. The Morgan fingerprint density at radius 1 is 1.59 bits per heavy atom. The second-order valence-electron chi connectivity index (χ2n) is 3.95. The lowest BCUT2D eigenvalue weighted by Crippen LogP contribution is -2.24. The fourth-order valence-corrected chi connectivity index (χ4v) is 1.79. The SMILES string of the molecule is CNC(=O)c1ccc(N[C@@H]2CCNC2)c(F)n1. The van der Waals surface area contributed by atoms with E-state index in [0.717, 1.165) is 19.5 Å². The van der Waals surface area contributed by atoms with Gasteiger partial charge in [-0.2, -0.15) is 4.39 Å². The highest BCUT2D eigenvalue weighted by molar-refractivity contribution is 5.92. The van der Waals surface area contributed by atoms with Crippen molar-refractivity contribution in [2.24, 2.45) is 0 Å². The summed E-state index contributed by atoms with van der Waals surface area (Å²) >= 11 is 0. The van der Waals surface area contributed by atoms with Gasteiger partial charge in [0.15, 0.2) is 0 Å². The molecule has 1 amide bonds. The highest BCUT2D eigenvalue weighted by atomic mass is 19.1. The van der Waals surface area contributed by atoms with Gasteiger partial charge in [0, 0.05) is 19.6 Å². The zero-order valence-electron chi connectivity index (χ0n) is 9.59. The van der Waals surface area contributed by atoms with Crippen molar-refractivity contribution in [2.45, 2.75) is 12.5 Å². The zero-order chi connectivity index (χ0) is 12.3. The van der Waals surface area contributed by atoms with Crippen LogP contribution in [0.25, 0.3) is 0 Å². The molecule has 0 aliphatic carbocycles. The van der Waals surface area contributed by atoms with E-state index in [1.54, 1.807) is 6.07 Å². The van der Waals surface area contributed by atoms with Gasteiger partial charge in [0.2, 0.25) is 5.95 Å². The van der Waals surface area contributed by atoms with Crippen molar-refractivity contribution in [2.75, 3.05) is 25.5 Å². The quantitative estimate of drug-likeness (QED) is 0.665. The largest absolute Gasteiger partial charge is 0.377 e. The second-order valence-corrected chi connectivity index (χ2v) is 3.95. The Labute approximate surface area is 98.8 Å². The van der Waals surface area contributed by atoms with Crippen molar-refractivity contribution in [3.63, 3.8) is 0 Å². The van der Waals surface area contributed by atoms with Gasteiger partial charge in [-0.1, -0.05) is 0 Å². The van der Waals surface area contributed by atoms with Crippen molar-refractivity contribution in [1.82, 2.24) is 15.6 Å². The average molecular weight is 238 g/mol. The molecule has 6 heteroatoms. The monoisotopic (exact) mass is 238 g/mol. The number of nitrogens with one attached hydrogen (secondary N) is 3. The standard InChI is InChI=1S/C11H15FN4O/c1-13-11(17)9-3-2-8(10(12)16-9)15-7-4-5-14-6-7/h2-3,7,14-15H,4-6H2,1H3,(H,13,17)/t7-/m1/s1. The Balaban J connectivity index is 2.10. The number of anilines is 1. The van der Waals surface area contributed by atoms with Crippen LogP contribution in [0.15, 0.2) is 12.1 Å². The molecule has 17 heavy (non-hydrogen) atoms. The summed E-state index contributed by atoms with van der Waals surface area (Å²) in [6.07, 6.45) is 0.955. The molecule has 1 fully saturated rings. The lowest BCUT2D eigenvalue weighted by molar-refractivity contribution is 0.0957. The summed E-state index contributed by atoms with van der Waals surface area (Å²) in [4.78, 5) is 14.9. The van der Waals surface area contributed by atoms with Gasteiger partial charge >= 0.3 is 0 Å². The molecule has 2 rings (SSSR count). The van der Waals surface area contributed by atoms with Crippen LogP contribution in [0.4, 0.5) is 10.1 Å². The van der Waals surface area contributed by atoms with Gasteiger partial charge in [-0.05, 0) is 25.1 Å². The van der Waals surface area contributed by atoms with Crippen LogP contribution in [-0.4, -0.2) is 37.1 Å². The third-order valence-corrected chi connectivity index (χ3v) is 2.73. The number of carbonyl (C=O) groups excluding carboxylic acids is 1. The summed E-state index contributed by atoms with van der Waals surface area (Å²) in [5.41, 5.74) is 0.423. The molecular formula is C11H15FN4O. The minimum atomic E-state index is -0.641. The molecule has 1 aromatic heterocycles. The number of hydrogen-bond donors (Lipinski definition) is 3. The van der Waals surface area contributed by atoms with E-state index >= 15 is 0 Å². The Morgan fingerprint density at radius 2 is 2.41 bits per heavy atom. The van der Waals surface area contributed by atoms with Crippen LogP contribution in [-0.2, 0) is 0 Å². The maximum absolute atomic E-state index is 13.6. The highest BCUT2D eigenvalue weighted by Gasteiger charge is 2.17. The van der Waals surface area contributed by atoms with Crippen molar-refractivity contribution in [1.29, 1.82) is 0 Å². The minimum Gasteiger partial charge on any atom is -0.377 e. The molecule has 0 radical (unpaired) electrons. The Bertz CT molecular complexity index is 418. The van der Waals surface area contributed by atoms with Crippen molar-refractivity contribution in [3.8, 4) is 0 Å². The van der Waals surface area contributed by atoms with Gasteiger partial charge in [0.05, 0.1) is 5.69 Å². The maximum Gasteiger partial charge on any atom is 0.269 e. The number of aromatic nitrogens is 1. The third-order valence-electron chi connectivity index (χ3n) is 2.73. The van der Waals surface area contributed by atoms with Crippen LogP contribution in [0.2, 0.25) is 0 Å². The van der Waals surface area contributed by atoms with Crippen LogP contribution in [0, 0.1) is 5.95 Å². The van der Waals surface area contributed by atoms with Gasteiger partial charge < -0.3 is 16.0 Å². The molecule has 0 saturated carbocycles. The lowest BCUT2D eigenvalue weighted by Gasteiger charge is -2.13. The van der Waals surface area contributed by atoms with Crippen molar-refractivity contribution < 1.29 is 9.18 Å². The first-order chi connectivity index (χ1) is 8.20. The zero-order valence-corrected chi connectivity index (χ0v) is 9.59. The molecule has 1 aliphatic heterocycles. The molecule has 0 bridgehead atoms. The van der Waals surface area contributed by atoms with E-state index in [4.69, 9.17) is 0 Å². The van der Waals surface area contributed by atoms with Gasteiger partial charge in [-0.25, -0.2) is 4.98 Å². The van der Waals surface area contributed by atoms with Crippen LogP contribution in [0.1, 0.15) is 16.9 Å². The highest BCUT2D eigenvalue weighted by Crippen LogP contribution is 2.15. The van der Waals surface area contributed by atoms with E-state index in [1.165, 1.54) is 13.1 Å². The Kier molecular flexibility index (Phi) is 3.53. The predicted molar refractivity (Wildman–Crippen MR) is 62.5 cm³/mol. The smallest absolute Gasteiger partial charge is 0.269 e. The number of halogens is 1. The maximum atomic E-state index is 13.6. The molecule has 2 heterocycles.